The van der Waals surface area contributed by atoms with Crippen molar-refractivity contribution in [2.45, 2.75) is 13.0 Å². The minimum absolute atomic E-state index is 0.0457. The first kappa shape index (κ1) is 14.1. The molecule has 1 rings (SSSR count). The van der Waals surface area contributed by atoms with Crippen LogP contribution in [0.5, 0.6) is 5.75 Å². The maximum absolute atomic E-state index is 13.3. The molecule has 7 heteroatoms. The van der Waals surface area contributed by atoms with Crippen LogP contribution >= 0.6 is 22.6 Å². The van der Waals surface area contributed by atoms with Gasteiger partial charge in [0.1, 0.15) is 11.9 Å². The second-order valence-corrected chi connectivity index (χ2v) is 4.64. The molecule has 0 aromatic heterocycles. The Morgan fingerprint density at radius 3 is 2.82 bits per heavy atom. The van der Waals surface area contributed by atoms with E-state index in [0.29, 0.717) is 6.54 Å². The molecule has 94 valence electrons. The average molecular weight is 354 g/mol. The summed E-state index contributed by atoms with van der Waals surface area (Å²) in [6.07, 6.45) is -0.279. The minimum Gasteiger partial charge on any atom is -0.482 e. The van der Waals surface area contributed by atoms with Crippen LogP contribution in [0.15, 0.2) is 12.1 Å². The molecule has 1 atom stereocenters. The normalized spacial score (nSPS) is 12.2. The molecular weight excluding hydrogens is 342 g/mol. The number of likely N-dealkylation sites (N-methyl/N-ethyl adjacent to an activating group) is 1. The van der Waals surface area contributed by atoms with Crippen LogP contribution in [0, 0.1) is 19.5 Å². The SMILES string of the molecule is CNCC(C)Oc1cc(F)c(I)cc1[N+](=O)[O-]. The summed E-state index contributed by atoms with van der Waals surface area (Å²) in [4.78, 5) is 10.2. The zero-order chi connectivity index (χ0) is 13.0. The third-order valence-corrected chi connectivity index (χ3v) is 2.84. The Morgan fingerprint density at radius 1 is 1.65 bits per heavy atom. The maximum atomic E-state index is 13.3. The van der Waals surface area contributed by atoms with Gasteiger partial charge in [0.15, 0.2) is 5.75 Å². The van der Waals surface area contributed by atoms with E-state index in [2.05, 4.69) is 5.32 Å². The molecule has 0 bridgehead atoms. The maximum Gasteiger partial charge on any atom is 0.312 e. The number of hydrogen-bond acceptors (Lipinski definition) is 4. The van der Waals surface area contributed by atoms with E-state index in [1.54, 1.807) is 36.6 Å². The third-order valence-electron chi connectivity index (χ3n) is 2.02. The lowest BCUT2D eigenvalue weighted by Crippen LogP contribution is -2.26. The van der Waals surface area contributed by atoms with Gasteiger partial charge in [-0.05, 0) is 36.6 Å². The monoisotopic (exact) mass is 354 g/mol. The van der Waals surface area contributed by atoms with E-state index < -0.39 is 10.7 Å². The molecule has 1 aromatic rings. The number of ether oxygens (including phenoxy) is 1. The Morgan fingerprint density at radius 2 is 2.29 bits per heavy atom. The van der Waals surface area contributed by atoms with Crippen molar-refractivity contribution in [1.29, 1.82) is 0 Å². The minimum atomic E-state index is -0.580. The molecule has 0 fully saturated rings. The fourth-order valence-corrected chi connectivity index (χ4v) is 1.75. The number of rotatable bonds is 5. The van der Waals surface area contributed by atoms with Crippen LogP contribution < -0.4 is 10.1 Å². The van der Waals surface area contributed by atoms with Crippen LogP contribution in [0.1, 0.15) is 6.92 Å². The van der Waals surface area contributed by atoms with Crippen LogP contribution in [0.2, 0.25) is 0 Å². The molecule has 0 aliphatic heterocycles. The molecule has 0 saturated heterocycles. The van der Waals surface area contributed by atoms with E-state index in [1.807, 2.05) is 0 Å². The quantitative estimate of drug-likeness (QED) is 0.501. The van der Waals surface area contributed by atoms with E-state index in [1.165, 1.54) is 0 Å². The summed E-state index contributed by atoms with van der Waals surface area (Å²) in [5, 5.41) is 13.7. The highest BCUT2D eigenvalue weighted by Gasteiger charge is 2.20. The molecular formula is C10H12FIN2O3. The van der Waals surface area contributed by atoms with Crippen molar-refractivity contribution in [3.05, 3.63) is 31.6 Å². The van der Waals surface area contributed by atoms with Crippen LogP contribution in [0.4, 0.5) is 10.1 Å². The van der Waals surface area contributed by atoms with Gasteiger partial charge in [-0.3, -0.25) is 10.1 Å². The Balaban J connectivity index is 3.04. The zero-order valence-electron chi connectivity index (χ0n) is 9.37. The van der Waals surface area contributed by atoms with E-state index in [-0.39, 0.29) is 21.1 Å². The van der Waals surface area contributed by atoms with Crippen LogP contribution in [-0.2, 0) is 0 Å². The lowest BCUT2D eigenvalue weighted by molar-refractivity contribution is -0.386. The summed E-state index contributed by atoms with van der Waals surface area (Å²) in [7, 11) is 1.74. The number of nitrogens with one attached hydrogen (secondary N) is 1. The molecule has 17 heavy (non-hydrogen) atoms. The Bertz CT molecular complexity index is 428. The number of nitro benzene ring substituents is 1. The van der Waals surface area contributed by atoms with Crippen molar-refractivity contribution in [3.8, 4) is 5.75 Å². The van der Waals surface area contributed by atoms with Crippen molar-refractivity contribution in [1.82, 2.24) is 5.32 Å². The van der Waals surface area contributed by atoms with Crippen molar-refractivity contribution in [2.75, 3.05) is 13.6 Å². The van der Waals surface area contributed by atoms with Crippen LogP contribution in [0.25, 0.3) is 0 Å². The summed E-state index contributed by atoms with van der Waals surface area (Å²) in [6.45, 7) is 2.26. The molecule has 0 spiro atoms. The second-order valence-electron chi connectivity index (χ2n) is 3.48. The molecule has 1 aromatic carbocycles. The Kier molecular flexibility index (Phi) is 5.06. The topological polar surface area (TPSA) is 64.4 Å². The smallest absolute Gasteiger partial charge is 0.312 e. The molecule has 0 aliphatic rings. The largest absolute Gasteiger partial charge is 0.482 e. The predicted molar refractivity (Wildman–Crippen MR) is 69.8 cm³/mol. The van der Waals surface area contributed by atoms with Gasteiger partial charge in [-0.15, -0.1) is 0 Å². The summed E-state index contributed by atoms with van der Waals surface area (Å²) in [5.41, 5.74) is -0.223. The van der Waals surface area contributed by atoms with Crippen LogP contribution in [-0.4, -0.2) is 24.6 Å². The van der Waals surface area contributed by atoms with Gasteiger partial charge >= 0.3 is 5.69 Å². The average Bonchev–Trinajstić information content (AvgIpc) is 2.23. The fourth-order valence-electron chi connectivity index (χ4n) is 1.30. The summed E-state index contributed by atoms with van der Waals surface area (Å²) in [6, 6.07) is 2.21. The van der Waals surface area contributed by atoms with Gasteiger partial charge in [0.25, 0.3) is 0 Å². The summed E-state index contributed by atoms with van der Waals surface area (Å²) < 4.78 is 18.9. The zero-order valence-corrected chi connectivity index (χ0v) is 11.5. The van der Waals surface area contributed by atoms with E-state index in [9.17, 15) is 14.5 Å². The molecule has 0 heterocycles. The van der Waals surface area contributed by atoms with Gasteiger partial charge in [-0.25, -0.2) is 4.39 Å². The van der Waals surface area contributed by atoms with Gasteiger partial charge in [0, 0.05) is 18.7 Å². The lowest BCUT2D eigenvalue weighted by atomic mass is 10.3. The Labute approximate surface area is 112 Å². The molecule has 1 N–H and O–H groups in total. The summed E-state index contributed by atoms with van der Waals surface area (Å²) in [5.74, 6) is -0.571. The van der Waals surface area contributed by atoms with Gasteiger partial charge in [0.2, 0.25) is 0 Å². The predicted octanol–water partition coefficient (Wildman–Crippen LogP) is 2.33. The molecule has 0 aliphatic carbocycles. The molecule has 0 amide bonds. The van der Waals surface area contributed by atoms with Crippen molar-refractivity contribution < 1.29 is 14.1 Å². The summed E-state index contributed by atoms with van der Waals surface area (Å²) >= 11 is 1.70. The first-order valence-electron chi connectivity index (χ1n) is 4.90. The van der Waals surface area contributed by atoms with Crippen molar-refractivity contribution in [2.24, 2.45) is 0 Å². The van der Waals surface area contributed by atoms with Gasteiger partial charge in [-0.2, -0.15) is 0 Å². The molecule has 0 saturated carbocycles. The van der Waals surface area contributed by atoms with Gasteiger partial charge in [0.05, 0.1) is 8.49 Å². The first-order chi connectivity index (χ1) is 7.95. The van der Waals surface area contributed by atoms with E-state index in [0.717, 1.165) is 12.1 Å². The number of nitrogens with zero attached hydrogens (tertiary/aromatic N) is 1. The highest BCUT2D eigenvalue weighted by molar-refractivity contribution is 14.1. The fraction of sp³-hybridized carbons (Fsp3) is 0.400. The molecule has 0 radical (unpaired) electrons. The van der Waals surface area contributed by atoms with E-state index >= 15 is 0 Å². The highest BCUT2D eigenvalue weighted by atomic mass is 127. The van der Waals surface area contributed by atoms with Gasteiger partial charge < -0.3 is 10.1 Å². The number of nitro groups is 1. The third kappa shape index (κ3) is 3.77. The van der Waals surface area contributed by atoms with Crippen LogP contribution in [0.3, 0.4) is 0 Å². The van der Waals surface area contributed by atoms with Gasteiger partial charge in [-0.1, -0.05) is 0 Å². The number of hydrogen-bond donors (Lipinski definition) is 1. The highest BCUT2D eigenvalue weighted by Crippen LogP contribution is 2.31. The van der Waals surface area contributed by atoms with Crippen molar-refractivity contribution >= 4 is 28.3 Å². The second kappa shape index (κ2) is 6.10. The van der Waals surface area contributed by atoms with E-state index in [4.69, 9.17) is 4.74 Å². The lowest BCUT2D eigenvalue weighted by Gasteiger charge is -2.14. The van der Waals surface area contributed by atoms with Crippen molar-refractivity contribution in [3.63, 3.8) is 0 Å². The molecule has 1 unspecified atom stereocenters. The molecule has 5 nitrogen and oxygen atoms in total. The standard InChI is InChI=1S/C10H12FIN2O3/c1-6(5-13-2)17-10-3-7(11)8(12)4-9(10)14(15)16/h3-4,6,13H,5H2,1-2H3. The number of halogens is 2. The number of benzene rings is 1. The Hall–Kier alpha value is -0.960. The first-order valence-corrected chi connectivity index (χ1v) is 5.98.